The molecule has 0 bridgehead atoms. The van der Waals surface area contributed by atoms with Gasteiger partial charge in [-0.25, -0.2) is 9.59 Å². The summed E-state index contributed by atoms with van der Waals surface area (Å²) >= 11 is 0. The van der Waals surface area contributed by atoms with Crippen LogP contribution in [0.15, 0.2) is 0 Å². The Kier molecular flexibility index (Phi) is 9.25. The lowest BCUT2D eigenvalue weighted by atomic mass is 10.0. The fourth-order valence-corrected chi connectivity index (χ4v) is 5.38. The highest BCUT2D eigenvalue weighted by molar-refractivity contribution is 5.69. The van der Waals surface area contributed by atoms with Crippen LogP contribution in [0.4, 0.5) is 62.3 Å². The highest BCUT2D eigenvalue weighted by atomic mass is 19.4. The average Bonchev–Trinajstić information content (AvgIpc) is 3.52. The first-order valence-electron chi connectivity index (χ1n) is 12.1. The van der Waals surface area contributed by atoms with Gasteiger partial charge < -0.3 is 24.6 Å². The number of hydrogen-bond donors (Lipinski definition) is 1. The fourth-order valence-electron chi connectivity index (χ4n) is 5.38. The zero-order valence-corrected chi connectivity index (χ0v) is 20.4. The van der Waals surface area contributed by atoms with Crippen molar-refractivity contribution in [3.8, 4) is 0 Å². The minimum Gasteiger partial charge on any atom is -0.426 e. The number of halogens is 12. The number of alkyl halides is 12. The van der Waals surface area contributed by atoms with E-state index in [0.29, 0.717) is 13.1 Å². The van der Waals surface area contributed by atoms with Crippen LogP contribution in [0.25, 0.3) is 0 Å². The van der Waals surface area contributed by atoms with Crippen molar-refractivity contribution in [2.45, 2.75) is 56.2 Å². The third-order valence-corrected chi connectivity index (χ3v) is 7.26. The van der Waals surface area contributed by atoms with Crippen LogP contribution in [-0.2, 0) is 9.47 Å². The van der Waals surface area contributed by atoms with Crippen molar-refractivity contribution in [1.82, 2.24) is 15.1 Å². The van der Waals surface area contributed by atoms with Crippen LogP contribution in [0.1, 0.15) is 19.3 Å². The van der Waals surface area contributed by atoms with Crippen LogP contribution in [0, 0.1) is 23.7 Å². The van der Waals surface area contributed by atoms with E-state index in [0.717, 1.165) is 29.1 Å². The molecule has 1 aliphatic carbocycles. The standard InChI is InChI=1S/C11H13F6NO2.C10H12F6N2O2/c12-10(13,14)8(11(15,16)17)20-9(19)18-4-6-2-1-3-7(6)5-18;11-9(12,13)7(10(14,15)16)20-8(19)18-3-5-1-17-2-6(5)4-18/h6-8H,1-5H2;5-7,17H,1-4H2. The Labute approximate surface area is 219 Å². The molecule has 0 aromatic carbocycles. The Morgan fingerprint density at radius 3 is 1.18 bits per heavy atom. The lowest BCUT2D eigenvalue weighted by molar-refractivity contribution is -0.309. The number of likely N-dealkylation sites (tertiary alicyclic amines) is 2. The maximum atomic E-state index is 12.3. The summed E-state index contributed by atoms with van der Waals surface area (Å²) in [5, 5.41) is 3.03. The second kappa shape index (κ2) is 11.5. The normalized spacial score (nSPS) is 27.1. The SMILES string of the molecule is O=C(OC(C(F)(F)F)C(F)(F)F)N1CC2CCCC2C1.O=C(OC(C(F)(F)F)C(F)(F)F)N1CC2CNCC2C1. The van der Waals surface area contributed by atoms with Gasteiger partial charge in [0.2, 0.25) is 0 Å². The summed E-state index contributed by atoms with van der Waals surface area (Å²) in [4.78, 5) is 24.8. The maximum absolute atomic E-state index is 12.3. The number of fused-ring (bicyclic) bond motifs is 2. The summed E-state index contributed by atoms with van der Waals surface area (Å²) in [6.07, 6.45) is -31.3. The van der Waals surface area contributed by atoms with Gasteiger partial charge in [-0.15, -0.1) is 0 Å². The number of amides is 2. The van der Waals surface area contributed by atoms with Crippen molar-refractivity contribution in [3.05, 3.63) is 0 Å². The molecular weight excluding hydrogens is 586 g/mol. The summed E-state index contributed by atoms with van der Waals surface area (Å²) in [5.74, 6) is 0.436. The Morgan fingerprint density at radius 2 is 0.875 bits per heavy atom. The van der Waals surface area contributed by atoms with E-state index >= 15 is 0 Å². The lowest BCUT2D eigenvalue weighted by Gasteiger charge is -2.25. The molecule has 3 aliphatic heterocycles. The average molecular weight is 611 g/mol. The van der Waals surface area contributed by atoms with Gasteiger partial charge in [0.15, 0.2) is 0 Å². The zero-order valence-electron chi connectivity index (χ0n) is 20.4. The summed E-state index contributed by atoms with van der Waals surface area (Å²) in [7, 11) is 0. The molecule has 7 nitrogen and oxygen atoms in total. The van der Waals surface area contributed by atoms with E-state index in [4.69, 9.17) is 0 Å². The van der Waals surface area contributed by atoms with E-state index < -0.39 is 49.1 Å². The van der Waals surface area contributed by atoms with Crippen molar-refractivity contribution in [2.75, 3.05) is 39.3 Å². The lowest BCUT2D eigenvalue weighted by Crippen LogP contribution is -2.48. The molecule has 4 unspecified atom stereocenters. The van der Waals surface area contributed by atoms with Crippen LogP contribution in [0.3, 0.4) is 0 Å². The van der Waals surface area contributed by atoms with Crippen LogP contribution in [-0.4, -0.2) is 98.2 Å². The van der Waals surface area contributed by atoms with E-state index in [1.807, 2.05) is 0 Å². The van der Waals surface area contributed by atoms with Gasteiger partial charge in [0.1, 0.15) is 0 Å². The Balaban J connectivity index is 0.000000220. The number of ether oxygens (including phenoxy) is 2. The third kappa shape index (κ3) is 7.90. The fraction of sp³-hybridized carbons (Fsp3) is 0.905. The van der Waals surface area contributed by atoms with Crippen molar-refractivity contribution in [3.63, 3.8) is 0 Å². The molecule has 4 aliphatic rings. The molecule has 40 heavy (non-hydrogen) atoms. The number of hydrogen-bond acceptors (Lipinski definition) is 5. The van der Waals surface area contributed by atoms with Crippen molar-refractivity contribution in [2.24, 2.45) is 23.7 Å². The molecule has 2 amide bonds. The van der Waals surface area contributed by atoms with Crippen LogP contribution < -0.4 is 5.32 Å². The van der Waals surface area contributed by atoms with Gasteiger partial charge in [0, 0.05) is 39.3 Å². The van der Waals surface area contributed by atoms with E-state index in [9.17, 15) is 62.3 Å². The minimum absolute atomic E-state index is 0.0535. The van der Waals surface area contributed by atoms with E-state index in [-0.39, 0.29) is 49.9 Å². The zero-order chi connectivity index (χ0) is 30.3. The summed E-state index contributed by atoms with van der Waals surface area (Å²) in [5.41, 5.74) is 0. The van der Waals surface area contributed by atoms with E-state index in [1.54, 1.807) is 0 Å². The van der Waals surface area contributed by atoms with Crippen molar-refractivity contribution in [1.29, 1.82) is 0 Å². The van der Waals surface area contributed by atoms with Gasteiger partial charge in [0.25, 0.3) is 12.2 Å². The van der Waals surface area contributed by atoms with Gasteiger partial charge in [-0.1, -0.05) is 6.42 Å². The maximum Gasteiger partial charge on any atom is 0.434 e. The Hall–Kier alpha value is -2.34. The van der Waals surface area contributed by atoms with Gasteiger partial charge in [-0.05, 0) is 36.5 Å². The van der Waals surface area contributed by atoms with Crippen LogP contribution in [0.2, 0.25) is 0 Å². The molecule has 1 saturated carbocycles. The smallest absolute Gasteiger partial charge is 0.426 e. The van der Waals surface area contributed by atoms with Gasteiger partial charge in [-0.3, -0.25) is 0 Å². The predicted molar refractivity (Wildman–Crippen MR) is 109 cm³/mol. The molecule has 232 valence electrons. The number of nitrogens with one attached hydrogen (secondary N) is 1. The van der Waals surface area contributed by atoms with Crippen LogP contribution >= 0.6 is 0 Å². The number of carbonyl (C=O) groups is 2. The highest BCUT2D eigenvalue weighted by Crippen LogP contribution is 2.40. The first kappa shape index (κ1) is 32.2. The molecule has 0 aromatic heterocycles. The number of rotatable bonds is 2. The molecule has 0 radical (unpaired) electrons. The molecule has 4 fully saturated rings. The molecular formula is C21H25F12N3O4. The summed E-state index contributed by atoms with van der Waals surface area (Å²) in [6, 6.07) is 0. The van der Waals surface area contributed by atoms with Gasteiger partial charge in [0.05, 0.1) is 0 Å². The molecule has 3 heterocycles. The topological polar surface area (TPSA) is 71.1 Å². The molecule has 0 spiro atoms. The van der Waals surface area contributed by atoms with Gasteiger partial charge >= 0.3 is 36.9 Å². The van der Waals surface area contributed by atoms with Crippen molar-refractivity contribution < 1.29 is 71.7 Å². The summed E-state index contributed by atoms with van der Waals surface area (Å²) < 4.78 is 155. The van der Waals surface area contributed by atoms with E-state index in [2.05, 4.69) is 14.8 Å². The number of carbonyl (C=O) groups excluding carboxylic acids is 2. The molecule has 0 aromatic rings. The second-order valence-electron chi connectivity index (χ2n) is 10.1. The molecule has 3 saturated heterocycles. The molecule has 19 heteroatoms. The second-order valence-corrected chi connectivity index (χ2v) is 10.1. The van der Waals surface area contributed by atoms with E-state index in [1.165, 1.54) is 0 Å². The Morgan fingerprint density at radius 1 is 0.575 bits per heavy atom. The monoisotopic (exact) mass is 611 g/mol. The first-order chi connectivity index (χ1) is 18.2. The van der Waals surface area contributed by atoms with Gasteiger partial charge in [-0.2, -0.15) is 52.7 Å². The largest absolute Gasteiger partial charge is 0.434 e. The first-order valence-corrected chi connectivity index (χ1v) is 12.1. The molecule has 1 N–H and O–H groups in total. The predicted octanol–water partition coefficient (Wildman–Crippen LogP) is 5.12. The molecule has 4 atom stereocenters. The van der Waals surface area contributed by atoms with Crippen molar-refractivity contribution >= 4 is 12.2 Å². The Bertz CT molecular complexity index is 783. The minimum atomic E-state index is -5.68. The third-order valence-electron chi connectivity index (χ3n) is 7.26. The number of nitrogens with zero attached hydrogens (tertiary/aromatic N) is 2. The molecule has 4 rings (SSSR count). The van der Waals surface area contributed by atoms with Crippen LogP contribution in [0.5, 0.6) is 0 Å². The highest BCUT2D eigenvalue weighted by Gasteiger charge is 2.61. The summed E-state index contributed by atoms with van der Waals surface area (Å²) in [6.45, 7) is 1.75. The quantitative estimate of drug-likeness (QED) is 0.440.